The van der Waals surface area contributed by atoms with Crippen molar-refractivity contribution in [3.05, 3.63) is 34.3 Å². The lowest BCUT2D eigenvalue weighted by Crippen LogP contribution is -2.52. The third-order valence-electron chi connectivity index (χ3n) is 3.67. The van der Waals surface area contributed by atoms with Crippen LogP contribution in [-0.4, -0.2) is 19.8 Å². The molecule has 0 aliphatic carbocycles. The van der Waals surface area contributed by atoms with Crippen molar-refractivity contribution in [1.82, 2.24) is 0 Å². The van der Waals surface area contributed by atoms with E-state index in [9.17, 15) is 0 Å². The lowest BCUT2D eigenvalue weighted by molar-refractivity contribution is -0.0886. The predicted octanol–water partition coefficient (Wildman–Crippen LogP) is 2.70. The molecule has 2 N–H and O–H groups in total. The first-order valence-corrected chi connectivity index (χ1v) is 6.53. The standard InChI is InChI=1S/C13H18BrNO/c1-10(6-7-15)13(8-16-9-13)11-4-2-3-5-12(11)14/h2-5,10H,6-9,15H2,1H3. The van der Waals surface area contributed by atoms with E-state index < -0.39 is 0 Å². The molecule has 0 bridgehead atoms. The first-order valence-electron chi connectivity index (χ1n) is 5.73. The smallest absolute Gasteiger partial charge is 0.0588 e. The quantitative estimate of drug-likeness (QED) is 0.922. The van der Waals surface area contributed by atoms with Gasteiger partial charge in [0.2, 0.25) is 0 Å². The molecule has 1 heterocycles. The van der Waals surface area contributed by atoms with Gasteiger partial charge in [-0.15, -0.1) is 0 Å². The number of hydrogen-bond donors (Lipinski definition) is 1. The van der Waals surface area contributed by atoms with Crippen molar-refractivity contribution < 1.29 is 4.74 Å². The highest BCUT2D eigenvalue weighted by atomic mass is 79.9. The fourth-order valence-corrected chi connectivity index (χ4v) is 3.10. The van der Waals surface area contributed by atoms with E-state index >= 15 is 0 Å². The van der Waals surface area contributed by atoms with Crippen LogP contribution in [0.3, 0.4) is 0 Å². The van der Waals surface area contributed by atoms with Crippen molar-refractivity contribution in [2.45, 2.75) is 18.8 Å². The molecule has 16 heavy (non-hydrogen) atoms. The molecule has 2 rings (SSSR count). The molecule has 1 aromatic rings. The van der Waals surface area contributed by atoms with E-state index in [1.807, 2.05) is 0 Å². The van der Waals surface area contributed by atoms with Crippen molar-refractivity contribution in [3.8, 4) is 0 Å². The van der Waals surface area contributed by atoms with Crippen LogP contribution in [0.15, 0.2) is 28.7 Å². The van der Waals surface area contributed by atoms with Gasteiger partial charge in [-0.25, -0.2) is 0 Å². The van der Waals surface area contributed by atoms with Gasteiger partial charge < -0.3 is 10.5 Å². The van der Waals surface area contributed by atoms with Crippen LogP contribution in [0.1, 0.15) is 18.9 Å². The number of halogens is 1. The Kier molecular flexibility index (Phi) is 3.67. The molecule has 2 nitrogen and oxygen atoms in total. The summed E-state index contributed by atoms with van der Waals surface area (Å²) in [4.78, 5) is 0. The molecule has 0 spiro atoms. The van der Waals surface area contributed by atoms with Crippen LogP contribution in [0.5, 0.6) is 0 Å². The van der Waals surface area contributed by atoms with Crippen molar-refractivity contribution in [1.29, 1.82) is 0 Å². The molecular weight excluding hydrogens is 266 g/mol. The van der Waals surface area contributed by atoms with Gasteiger partial charge >= 0.3 is 0 Å². The van der Waals surface area contributed by atoms with Gasteiger partial charge in [0.05, 0.1) is 13.2 Å². The molecular formula is C13H18BrNO. The monoisotopic (exact) mass is 283 g/mol. The summed E-state index contributed by atoms with van der Waals surface area (Å²) < 4.78 is 6.64. The molecule has 3 heteroatoms. The van der Waals surface area contributed by atoms with Gasteiger partial charge in [0.15, 0.2) is 0 Å². The maximum absolute atomic E-state index is 5.67. The molecule has 1 aromatic carbocycles. The lowest BCUT2D eigenvalue weighted by Gasteiger charge is -2.47. The SMILES string of the molecule is CC(CCN)C1(c2ccccc2Br)COC1. The molecule has 1 fully saturated rings. The van der Waals surface area contributed by atoms with Gasteiger partial charge in [-0.05, 0) is 30.5 Å². The number of nitrogens with two attached hydrogens (primary N) is 1. The minimum atomic E-state index is 0.166. The van der Waals surface area contributed by atoms with Crippen molar-refractivity contribution in [2.24, 2.45) is 11.7 Å². The average molecular weight is 284 g/mol. The van der Waals surface area contributed by atoms with Gasteiger partial charge in [0.1, 0.15) is 0 Å². The van der Waals surface area contributed by atoms with Crippen molar-refractivity contribution >= 4 is 15.9 Å². The zero-order chi connectivity index (χ0) is 11.6. The van der Waals surface area contributed by atoms with Crippen LogP contribution >= 0.6 is 15.9 Å². The van der Waals surface area contributed by atoms with Gasteiger partial charge in [-0.2, -0.15) is 0 Å². The van der Waals surface area contributed by atoms with E-state index in [0.29, 0.717) is 5.92 Å². The minimum Gasteiger partial charge on any atom is -0.379 e. The number of ether oxygens (including phenoxy) is 1. The normalized spacial score (nSPS) is 20.2. The molecule has 0 aromatic heterocycles. The summed E-state index contributed by atoms with van der Waals surface area (Å²) in [5, 5.41) is 0. The highest BCUT2D eigenvalue weighted by molar-refractivity contribution is 9.10. The lowest BCUT2D eigenvalue weighted by atomic mass is 9.68. The Hall–Kier alpha value is -0.380. The zero-order valence-corrected chi connectivity index (χ0v) is 11.2. The Balaban J connectivity index is 2.31. The van der Waals surface area contributed by atoms with Crippen LogP contribution in [0.4, 0.5) is 0 Å². The summed E-state index contributed by atoms with van der Waals surface area (Å²) >= 11 is 3.64. The molecule has 1 unspecified atom stereocenters. The second-order valence-corrected chi connectivity index (χ2v) is 5.46. The molecule has 88 valence electrons. The number of hydrogen-bond acceptors (Lipinski definition) is 2. The predicted molar refractivity (Wildman–Crippen MR) is 69.5 cm³/mol. The minimum absolute atomic E-state index is 0.166. The number of benzene rings is 1. The van der Waals surface area contributed by atoms with E-state index in [2.05, 4.69) is 47.1 Å². The highest BCUT2D eigenvalue weighted by Crippen LogP contribution is 2.43. The van der Waals surface area contributed by atoms with Crippen LogP contribution < -0.4 is 5.73 Å². The molecule has 0 radical (unpaired) electrons. The number of rotatable bonds is 4. The Morgan fingerprint density at radius 2 is 2.12 bits per heavy atom. The summed E-state index contributed by atoms with van der Waals surface area (Å²) in [6, 6.07) is 8.44. The maximum atomic E-state index is 5.67. The average Bonchev–Trinajstić information content (AvgIpc) is 2.19. The first-order chi connectivity index (χ1) is 7.70. The summed E-state index contributed by atoms with van der Waals surface area (Å²) in [5.41, 5.74) is 7.20. The van der Waals surface area contributed by atoms with Gasteiger partial charge in [0.25, 0.3) is 0 Å². The Bertz CT molecular complexity index is 363. The Morgan fingerprint density at radius 3 is 2.62 bits per heavy atom. The molecule has 0 saturated carbocycles. The maximum Gasteiger partial charge on any atom is 0.0588 e. The fourth-order valence-electron chi connectivity index (χ4n) is 2.42. The second kappa shape index (κ2) is 4.86. The van der Waals surface area contributed by atoms with E-state index in [0.717, 1.165) is 26.2 Å². The molecule has 1 atom stereocenters. The van der Waals surface area contributed by atoms with Crippen molar-refractivity contribution in [3.63, 3.8) is 0 Å². The van der Waals surface area contributed by atoms with Crippen LogP contribution in [-0.2, 0) is 10.2 Å². The van der Waals surface area contributed by atoms with E-state index in [1.165, 1.54) is 10.0 Å². The molecule has 0 amide bonds. The van der Waals surface area contributed by atoms with Crippen LogP contribution in [0.25, 0.3) is 0 Å². The van der Waals surface area contributed by atoms with Crippen molar-refractivity contribution in [2.75, 3.05) is 19.8 Å². The van der Waals surface area contributed by atoms with E-state index in [4.69, 9.17) is 10.5 Å². The fraction of sp³-hybridized carbons (Fsp3) is 0.538. The summed E-state index contributed by atoms with van der Waals surface area (Å²) in [5.74, 6) is 0.560. The van der Waals surface area contributed by atoms with E-state index in [-0.39, 0.29) is 5.41 Å². The topological polar surface area (TPSA) is 35.2 Å². The van der Waals surface area contributed by atoms with Crippen LogP contribution in [0.2, 0.25) is 0 Å². The summed E-state index contributed by atoms with van der Waals surface area (Å²) in [6.07, 6.45) is 1.05. The highest BCUT2D eigenvalue weighted by Gasteiger charge is 2.45. The van der Waals surface area contributed by atoms with Gasteiger partial charge in [-0.3, -0.25) is 0 Å². The molecule has 1 saturated heterocycles. The second-order valence-electron chi connectivity index (χ2n) is 4.61. The summed E-state index contributed by atoms with van der Waals surface area (Å²) in [6.45, 7) is 4.65. The summed E-state index contributed by atoms with van der Waals surface area (Å²) in [7, 11) is 0. The Labute approximate surface area is 105 Å². The largest absolute Gasteiger partial charge is 0.379 e. The van der Waals surface area contributed by atoms with Gasteiger partial charge in [-0.1, -0.05) is 41.1 Å². The third kappa shape index (κ3) is 1.92. The first kappa shape index (κ1) is 12.1. The van der Waals surface area contributed by atoms with E-state index in [1.54, 1.807) is 0 Å². The molecule has 1 aliphatic rings. The molecule has 1 aliphatic heterocycles. The Morgan fingerprint density at radius 1 is 1.44 bits per heavy atom. The zero-order valence-electron chi connectivity index (χ0n) is 9.58. The third-order valence-corrected chi connectivity index (χ3v) is 4.36. The van der Waals surface area contributed by atoms with Crippen LogP contribution in [0, 0.1) is 5.92 Å². The van der Waals surface area contributed by atoms with Gasteiger partial charge in [0, 0.05) is 9.89 Å².